The fraction of sp³-hybridized carbons (Fsp3) is 0.100. The average Bonchev–Trinajstić information content (AvgIpc) is 2.69. The fourth-order valence-corrected chi connectivity index (χ4v) is 2.47. The third kappa shape index (κ3) is 3.44. The van der Waals surface area contributed by atoms with Gasteiger partial charge in [-0.05, 0) is 25.1 Å². The smallest absolute Gasteiger partial charge is 0.342 e. The van der Waals surface area contributed by atoms with Gasteiger partial charge in [0.15, 0.2) is 5.49 Å². The van der Waals surface area contributed by atoms with Crippen LogP contribution in [0.2, 0.25) is 0 Å². The number of aromatic nitrogens is 2. The Bertz CT molecular complexity index is 996. The molecule has 6 nitrogen and oxygen atoms in total. The summed E-state index contributed by atoms with van der Waals surface area (Å²) in [5.41, 5.74) is 0.946. The number of nitrogens with zero attached hydrogens (tertiary/aromatic N) is 2. The Morgan fingerprint density at radius 1 is 1.04 bits per heavy atom. The maximum atomic E-state index is 12.8. The van der Waals surface area contributed by atoms with Crippen molar-refractivity contribution in [1.29, 1.82) is 5.41 Å². The molecule has 26 heavy (non-hydrogen) atoms. The number of benzene rings is 2. The van der Waals surface area contributed by atoms with Crippen LogP contribution in [0.15, 0.2) is 66.7 Å². The quantitative estimate of drug-likeness (QED) is 0.568. The van der Waals surface area contributed by atoms with Crippen LogP contribution in [0.3, 0.4) is 0 Å². The first kappa shape index (κ1) is 17.3. The molecule has 6 heteroatoms. The van der Waals surface area contributed by atoms with Crippen molar-refractivity contribution in [2.75, 3.05) is 6.61 Å². The van der Waals surface area contributed by atoms with Crippen LogP contribution < -0.4 is 5.49 Å². The van der Waals surface area contributed by atoms with Crippen molar-refractivity contribution in [1.82, 2.24) is 9.78 Å². The molecule has 0 aliphatic carbocycles. The van der Waals surface area contributed by atoms with Crippen molar-refractivity contribution in [3.8, 4) is 5.69 Å². The van der Waals surface area contributed by atoms with Gasteiger partial charge in [-0.3, -0.25) is 10.2 Å². The maximum absolute atomic E-state index is 12.8. The zero-order chi connectivity index (χ0) is 18.5. The monoisotopic (exact) mass is 347 g/mol. The molecular formula is C20H17N3O3. The number of hydrogen-bond donors (Lipinski definition) is 1. The fourth-order valence-electron chi connectivity index (χ4n) is 2.47. The summed E-state index contributed by atoms with van der Waals surface area (Å²) < 4.78 is 6.30. The SMILES string of the molecule is CCOC(=O)c1cc(C(=O)c2ccccc2)nn(-c2ccccc2)c1=N. The minimum absolute atomic E-state index is 0.00927. The normalized spacial score (nSPS) is 10.3. The molecule has 1 aromatic heterocycles. The minimum Gasteiger partial charge on any atom is -0.462 e. The van der Waals surface area contributed by atoms with E-state index in [0.717, 1.165) is 0 Å². The number of para-hydroxylation sites is 1. The number of rotatable bonds is 5. The lowest BCUT2D eigenvalue weighted by Crippen LogP contribution is -2.30. The van der Waals surface area contributed by atoms with E-state index >= 15 is 0 Å². The highest BCUT2D eigenvalue weighted by Crippen LogP contribution is 2.11. The standard InChI is InChI=1S/C20H17N3O3/c1-2-26-20(25)16-13-17(18(24)14-9-5-3-6-10-14)22-23(19(16)21)15-11-7-4-8-12-15/h3-13,21H,2H2,1H3. The molecule has 3 aromatic rings. The Hall–Kier alpha value is -3.54. The van der Waals surface area contributed by atoms with Crippen molar-refractivity contribution in [3.63, 3.8) is 0 Å². The molecule has 1 N–H and O–H groups in total. The second-order valence-corrected chi connectivity index (χ2v) is 5.45. The molecule has 1 heterocycles. The number of hydrogen-bond acceptors (Lipinski definition) is 5. The van der Waals surface area contributed by atoms with E-state index in [1.807, 2.05) is 12.1 Å². The highest BCUT2D eigenvalue weighted by molar-refractivity contribution is 6.08. The van der Waals surface area contributed by atoms with Crippen LogP contribution in [0.1, 0.15) is 33.3 Å². The number of ether oxygens (including phenoxy) is 1. The van der Waals surface area contributed by atoms with Crippen LogP contribution in [0.5, 0.6) is 0 Å². The first-order valence-corrected chi connectivity index (χ1v) is 8.13. The summed E-state index contributed by atoms with van der Waals surface area (Å²) in [6.45, 7) is 1.86. The maximum Gasteiger partial charge on any atom is 0.342 e. The largest absolute Gasteiger partial charge is 0.462 e. The van der Waals surface area contributed by atoms with Crippen molar-refractivity contribution < 1.29 is 14.3 Å². The highest BCUT2D eigenvalue weighted by Gasteiger charge is 2.19. The molecule has 0 aliphatic rings. The summed E-state index contributed by atoms with van der Waals surface area (Å²) in [6, 6.07) is 18.9. The van der Waals surface area contributed by atoms with Gasteiger partial charge in [-0.15, -0.1) is 0 Å². The molecule has 0 atom stereocenters. The highest BCUT2D eigenvalue weighted by atomic mass is 16.5. The van der Waals surface area contributed by atoms with E-state index in [9.17, 15) is 9.59 Å². The second kappa shape index (κ2) is 7.57. The molecule has 0 saturated carbocycles. The van der Waals surface area contributed by atoms with E-state index in [2.05, 4.69) is 5.10 Å². The van der Waals surface area contributed by atoms with E-state index in [4.69, 9.17) is 10.1 Å². The van der Waals surface area contributed by atoms with Gasteiger partial charge in [-0.2, -0.15) is 5.10 Å². The third-order valence-electron chi connectivity index (χ3n) is 3.72. The van der Waals surface area contributed by atoms with Crippen LogP contribution in [-0.2, 0) is 4.74 Å². The Morgan fingerprint density at radius 3 is 2.27 bits per heavy atom. The molecule has 0 unspecified atom stereocenters. The van der Waals surface area contributed by atoms with Gasteiger partial charge in [0.1, 0.15) is 11.3 Å². The molecule has 0 saturated heterocycles. The topological polar surface area (TPSA) is 85.0 Å². The van der Waals surface area contributed by atoms with Gasteiger partial charge in [0.25, 0.3) is 0 Å². The Kier molecular flexibility index (Phi) is 5.03. The first-order chi connectivity index (χ1) is 12.6. The van der Waals surface area contributed by atoms with E-state index in [1.165, 1.54) is 10.7 Å². The lowest BCUT2D eigenvalue weighted by Gasteiger charge is -2.11. The van der Waals surface area contributed by atoms with Crippen LogP contribution >= 0.6 is 0 Å². The number of ketones is 1. The number of nitrogens with one attached hydrogen (secondary N) is 1. The minimum atomic E-state index is -0.660. The average molecular weight is 347 g/mol. The van der Waals surface area contributed by atoms with Gasteiger partial charge < -0.3 is 4.74 Å². The zero-order valence-electron chi connectivity index (χ0n) is 14.2. The number of esters is 1. The predicted octanol–water partition coefficient (Wildman–Crippen LogP) is 2.76. The summed E-state index contributed by atoms with van der Waals surface area (Å²) in [4.78, 5) is 25.1. The lowest BCUT2D eigenvalue weighted by molar-refractivity contribution is 0.0522. The summed E-state index contributed by atoms with van der Waals surface area (Å²) in [7, 11) is 0. The molecule has 130 valence electrons. The molecule has 0 amide bonds. The van der Waals surface area contributed by atoms with Gasteiger partial charge in [-0.1, -0.05) is 48.5 Å². The Morgan fingerprint density at radius 2 is 1.65 bits per heavy atom. The van der Waals surface area contributed by atoms with Crippen molar-refractivity contribution >= 4 is 11.8 Å². The van der Waals surface area contributed by atoms with E-state index < -0.39 is 5.97 Å². The van der Waals surface area contributed by atoms with E-state index in [-0.39, 0.29) is 29.1 Å². The summed E-state index contributed by atoms with van der Waals surface area (Å²) >= 11 is 0. The third-order valence-corrected chi connectivity index (χ3v) is 3.72. The number of carbonyl (C=O) groups excluding carboxylic acids is 2. The lowest BCUT2D eigenvalue weighted by atomic mass is 10.1. The first-order valence-electron chi connectivity index (χ1n) is 8.13. The van der Waals surface area contributed by atoms with Crippen LogP contribution in [0, 0.1) is 5.41 Å². The molecule has 0 radical (unpaired) electrons. The molecule has 0 spiro atoms. The second-order valence-electron chi connectivity index (χ2n) is 5.45. The van der Waals surface area contributed by atoms with Gasteiger partial charge in [-0.25, -0.2) is 9.48 Å². The molecule has 0 aliphatic heterocycles. The van der Waals surface area contributed by atoms with Crippen LogP contribution in [0.25, 0.3) is 5.69 Å². The zero-order valence-corrected chi connectivity index (χ0v) is 14.2. The molecule has 0 bridgehead atoms. The van der Waals surface area contributed by atoms with E-state index in [1.54, 1.807) is 55.5 Å². The number of carbonyl (C=O) groups is 2. The van der Waals surface area contributed by atoms with Crippen molar-refractivity contribution in [2.45, 2.75) is 6.92 Å². The molecule has 2 aromatic carbocycles. The molecule has 0 fully saturated rings. The van der Waals surface area contributed by atoms with Crippen LogP contribution in [0.4, 0.5) is 0 Å². The summed E-state index contributed by atoms with van der Waals surface area (Å²) in [5.74, 6) is -0.993. The summed E-state index contributed by atoms with van der Waals surface area (Å²) in [6.07, 6.45) is 0. The van der Waals surface area contributed by atoms with Crippen molar-refractivity contribution in [2.24, 2.45) is 0 Å². The van der Waals surface area contributed by atoms with E-state index in [0.29, 0.717) is 11.3 Å². The van der Waals surface area contributed by atoms with Gasteiger partial charge in [0.05, 0.1) is 12.3 Å². The Balaban J connectivity index is 2.19. The molecule has 3 rings (SSSR count). The predicted molar refractivity (Wildman–Crippen MR) is 95.2 cm³/mol. The van der Waals surface area contributed by atoms with Gasteiger partial charge in [0.2, 0.25) is 5.78 Å². The van der Waals surface area contributed by atoms with Gasteiger partial charge in [0, 0.05) is 5.56 Å². The Labute approximate surface area is 150 Å². The summed E-state index contributed by atoms with van der Waals surface area (Å²) in [5, 5.41) is 12.6. The van der Waals surface area contributed by atoms with Crippen LogP contribution in [-0.4, -0.2) is 28.1 Å². The van der Waals surface area contributed by atoms with Gasteiger partial charge >= 0.3 is 5.97 Å². The molecular weight excluding hydrogens is 330 g/mol. The van der Waals surface area contributed by atoms with Crippen molar-refractivity contribution in [3.05, 3.63) is 89.0 Å².